The lowest BCUT2D eigenvalue weighted by Crippen LogP contribution is -2.31. The summed E-state index contributed by atoms with van der Waals surface area (Å²) in [6.07, 6.45) is 1.23. The molecule has 1 aliphatic rings. The number of allylic oxidation sites excluding steroid dienone is 2. The number of carbonyl (C=O) groups is 1. The highest BCUT2D eigenvalue weighted by Gasteiger charge is 2.60. The molecule has 3 atom stereocenters. The van der Waals surface area contributed by atoms with E-state index in [0.717, 1.165) is 0 Å². The maximum absolute atomic E-state index is 12.4. The zero-order valence-corrected chi connectivity index (χ0v) is 14.4. The zero-order valence-electron chi connectivity index (χ0n) is 14.4. The molecule has 130 valence electrons. The van der Waals surface area contributed by atoms with Crippen LogP contribution in [0.15, 0.2) is 35.9 Å². The van der Waals surface area contributed by atoms with Crippen molar-refractivity contribution in [3.8, 4) is 0 Å². The number of amides is 1. The lowest BCUT2D eigenvalue weighted by molar-refractivity contribution is -0.384. The van der Waals surface area contributed by atoms with Gasteiger partial charge in [-0.3, -0.25) is 14.9 Å². The maximum Gasteiger partial charge on any atom is 0.269 e. The molecular formula is C18H24N2O4. The molecule has 0 heterocycles. The third kappa shape index (κ3) is 3.82. The molecule has 1 amide bonds. The Hall–Kier alpha value is -2.21. The van der Waals surface area contributed by atoms with Gasteiger partial charge in [0.2, 0.25) is 5.91 Å². The highest BCUT2D eigenvalue weighted by molar-refractivity contribution is 5.83. The van der Waals surface area contributed by atoms with Crippen LogP contribution in [0.2, 0.25) is 0 Å². The fourth-order valence-corrected chi connectivity index (χ4v) is 3.09. The Bertz CT molecular complexity index is 660. The quantitative estimate of drug-likeness (QED) is 0.476. The number of carbonyl (C=O) groups excluding carboxylic acids is 1. The molecule has 24 heavy (non-hydrogen) atoms. The molecule has 0 aliphatic heterocycles. The van der Waals surface area contributed by atoms with Crippen LogP contribution in [0.1, 0.15) is 39.4 Å². The van der Waals surface area contributed by atoms with Gasteiger partial charge in [0.25, 0.3) is 5.69 Å². The summed E-state index contributed by atoms with van der Waals surface area (Å²) in [7, 11) is 0. The van der Waals surface area contributed by atoms with Crippen molar-refractivity contribution in [3.63, 3.8) is 0 Å². The van der Waals surface area contributed by atoms with Crippen LogP contribution in [0, 0.1) is 27.4 Å². The Morgan fingerprint density at radius 3 is 2.46 bits per heavy atom. The summed E-state index contributed by atoms with van der Waals surface area (Å²) in [5, 5.41) is 23.6. The standard InChI is InChI=1S/C18H24N2O4/c1-11(2)9-14-16(18(14,3)4)17(22)19-10-15(21)12-5-7-13(8-6-12)20(23)24/h5-9,14-16,21H,10H2,1-4H3,(H,19,22)/t14-,15-,16+/m1/s1. The van der Waals surface area contributed by atoms with E-state index < -0.39 is 11.0 Å². The van der Waals surface area contributed by atoms with Crippen LogP contribution in [0.5, 0.6) is 0 Å². The Kier molecular flexibility index (Phi) is 5.08. The number of nitro groups is 1. The van der Waals surface area contributed by atoms with Crippen molar-refractivity contribution in [1.82, 2.24) is 5.32 Å². The van der Waals surface area contributed by atoms with Gasteiger partial charge in [-0.2, -0.15) is 0 Å². The minimum atomic E-state index is -0.890. The first-order valence-electron chi connectivity index (χ1n) is 7.99. The highest BCUT2D eigenvalue weighted by Crippen LogP contribution is 2.59. The van der Waals surface area contributed by atoms with Gasteiger partial charge in [-0.25, -0.2) is 0 Å². The van der Waals surface area contributed by atoms with Gasteiger partial charge in [0.15, 0.2) is 0 Å². The van der Waals surface area contributed by atoms with E-state index in [4.69, 9.17) is 0 Å². The summed E-state index contributed by atoms with van der Waals surface area (Å²) in [5.74, 6) is 0.0685. The average molecular weight is 332 g/mol. The largest absolute Gasteiger partial charge is 0.387 e. The number of nitrogens with zero attached hydrogens (tertiary/aromatic N) is 1. The molecule has 0 radical (unpaired) electrons. The molecule has 1 aromatic rings. The first-order valence-corrected chi connectivity index (χ1v) is 7.99. The van der Waals surface area contributed by atoms with Crippen LogP contribution in [-0.2, 0) is 4.79 Å². The Balaban J connectivity index is 1.92. The van der Waals surface area contributed by atoms with Crippen LogP contribution in [0.4, 0.5) is 5.69 Å². The number of benzene rings is 1. The summed E-state index contributed by atoms with van der Waals surface area (Å²) in [4.78, 5) is 22.5. The van der Waals surface area contributed by atoms with Crippen LogP contribution in [-0.4, -0.2) is 22.5 Å². The van der Waals surface area contributed by atoms with Gasteiger partial charge in [0.1, 0.15) is 0 Å². The van der Waals surface area contributed by atoms with E-state index in [-0.39, 0.29) is 35.4 Å². The molecule has 6 nitrogen and oxygen atoms in total. The Morgan fingerprint density at radius 1 is 1.38 bits per heavy atom. The van der Waals surface area contributed by atoms with E-state index in [9.17, 15) is 20.0 Å². The molecule has 1 aromatic carbocycles. The molecule has 2 rings (SSSR count). The van der Waals surface area contributed by atoms with Gasteiger partial charge in [0, 0.05) is 18.7 Å². The molecule has 0 saturated heterocycles. The number of rotatable bonds is 6. The second-order valence-corrected chi connectivity index (χ2v) is 7.18. The molecule has 6 heteroatoms. The third-order valence-corrected chi connectivity index (χ3v) is 4.66. The number of aliphatic hydroxyl groups is 1. The molecule has 0 aromatic heterocycles. The fraction of sp³-hybridized carbons (Fsp3) is 0.500. The van der Waals surface area contributed by atoms with Crippen molar-refractivity contribution < 1.29 is 14.8 Å². The van der Waals surface area contributed by atoms with Crippen molar-refractivity contribution in [2.24, 2.45) is 17.3 Å². The zero-order chi connectivity index (χ0) is 18.1. The van der Waals surface area contributed by atoms with Crippen LogP contribution in [0.25, 0.3) is 0 Å². The van der Waals surface area contributed by atoms with E-state index in [1.54, 1.807) is 0 Å². The monoisotopic (exact) mass is 332 g/mol. The van der Waals surface area contributed by atoms with Crippen LogP contribution < -0.4 is 5.32 Å². The maximum atomic E-state index is 12.4. The highest BCUT2D eigenvalue weighted by atomic mass is 16.6. The van der Waals surface area contributed by atoms with E-state index in [1.165, 1.54) is 29.8 Å². The number of nitro benzene ring substituents is 1. The van der Waals surface area contributed by atoms with Gasteiger partial charge in [-0.05, 0) is 42.9 Å². The number of aliphatic hydroxyl groups excluding tert-OH is 1. The first kappa shape index (κ1) is 18.1. The van der Waals surface area contributed by atoms with Crippen molar-refractivity contribution in [2.45, 2.75) is 33.8 Å². The van der Waals surface area contributed by atoms with Gasteiger partial charge in [0.05, 0.1) is 16.9 Å². The summed E-state index contributed by atoms with van der Waals surface area (Å²) < 4.78 is 0. The van der Waals surface area contributed by atoms with Crippen molar-refractivity contribution in [1.29, 1.82) is 0 Å². The molecular weight excluding hydrogens is 308 g/mol. The van der Waals surface area contributed by atoms with Crippen molar-refractivity contribution in [3.05, 3.63) is 51.6 Å². The van der Waals surface area contributed by atoms with E-state index in [1.807, 2.05) is 13.8 Å². The van der Waals surface area contributed by atoms with E-state index in [2.05, 4.69) is 25.2 Å². The minimum Gasteiger partial charge on any atom is -0.387 e. The molecule has 1 aliphatic carbocycles. The summed E-state index contributed by atoms with van der Waals surface area (Å²) in [6.45, 7) is 8.25. The predicted molar refractivity (Wildman–Crippen MR) is 91.3 cm³/mol. The molecule has 0 bridgehead atoms. The average Bonchev–Trinajstić information content (AvgIpc) is 3.04. The second-order valence-electron chi connectivity index (χ2n) is 7.18. The van der Waals surface area contributed by atoms with Gasteiger partial charge < -0.3 is 10.4 Å². The second kappa shape index (κ2) is 6.73. The number of hydrogen-bond acceptors (Lipinski definition) is 4. The molecule has 1 saturated carbocycles. The number of non-ortho nitro benzene ring substituents is 1. The lowest BCUT2D eigenvalue weighted by atomic mass is 10.1. The number of hydrogen-bond donors (Lipinski definition) is 2. The lowest BCUT2D eigenvalue weighted by Gasteiger charge is -2.12. The van der Waals surface area contributed by atoms with Crippen molar-refractivity contribution >= 4 is 11.6 Å². The first-order chi connectivity index (χ1) is 11.1. The molecule has 2 N–H and O–H groups in total. The fourth-order valence-electron chi connectivity index (χ4n) is 3.09. The van der Waals surface area contributed by atoms with Crippen LogP contribution in [0.3, 0.4) is 0 Å². The Labute approximate surface area is 141 Å². The predicted octanol–water partition coefficient (Wildman–Crippen LogP) is 2.98. The number of nitrogens with one attached hydrogen (secondary N) is 1. The van der Waals surface area contributed by atoms with E-state index >= 15 is 0 Å². The smallest absolute Gasteiger partial charge is 0.269 e. The summed E-state index contributed by atoms with van der Waals surface area (Å²) in [6, 6.07) is 5.69. The van der Waals surface area contributed by atoms with Crippen LogP contribution >= 0.6 is 0 Å². The normalized spacial score (nSPS) is 22.4. The van der Waals surface area contributed by atoms with Crippen molar-refractivity contribution in [2.75, 3.05) is 6.54 Å². The summed E-state index contributed by atoms with van der Waals surface area (Å²) in [5.41, 5.74) is 1.63. The van der Waals surface area contributed by atoms with Gasteiger partial charge >= 0.3 is 0 Å². The SMILES string of the molecule is CC(C)=C[C@@H]1[C@@H](C(=O)NC[C@@H](O)c2ccc([N+](=O)[O-])cc2)C1(C)C. The third-order valence-electron chi connectivity index (χ3n) is 4.66. The molecule has 0 spiro atoms. The molecule has 1 fully saturated rings. The minimum absolute atomic E-state index is 0.0284. The molecule has 0 unspecified atom stereocenters. The van der Waals surface area contributed by atoms with Gasteiger partial charge in [-0.1, -0.05) is 25.5 Å². The van der Waals surface area contributed by atoms with E-state index in [0.29, 0.717) is 5.56 Å². The summed E-state index contributed by atoms with van der Waals surface area (Å²) >= 11 is 0. The van der Waals surface area contributed by atoms with Gasteiger partial charge in [-0.15, -0.1) is 0 Å². The topological polar surface area (TPSA) is 92.5 Å². The Morgan fingerprint density at radius 2 is 1.96 bits per heavy atom.